The van der Waals surface area contributed by atoms with E-state index in [1.54, 1.807) is 7.11 Å². The number of benzene rings is 2. The monoisotopic (exact) mass is 319 g/mol. The van der Waals surface area contributed by atoms with Gasteiger partial charge in [-0.05, 0) is 42.3 Å². The number of hydrogen-bond donors (Lipinski definition) is 1. The van der Waals surface area contributed by atoms with Crippen LogP contribution in [0.25, 0.3) is 0 Å². The minimum Gasteiger partial charge on any atom is -0.497 e. The van der Waals surface area contributed by atoms with Gasteiger partial charge < -0.3 is 10.1 Å². The van der Waals surface area contributed by atoms with E-state index in [4.69, 9.17) is 4.74 Å². The Labute approximate surface area is 122 Å². The number of halogens is 1. The molecule has 0 aromatic heterocycles. The Morgan fingerprint density at radius 3 is 2.58 bits per heavy atom. The van der Waals surface area contributed by atoms with Crippen LogP contribution in [-0.4, -0.2) is 7.11 Å². The third kappa shape index (κ3) is 4.08. The average molecular weight is 320 g/mol. The lowest BCUT2D eigenvalue weighted by Crippen LogP contribution is -2.17. The molecule has 0 spiro atoms. The van der Waals surface area contributed by atoms with E-state index < -0.39 is 0 Å². The third-order valence-corrected chi connectivity index (χ3v) is 3.65. The second kappa shape index (κ2) is 6.73. The van der Waals surface area contributed by atoms with Crippen molar-refractivity contribution in [1.29, 1.82) is 0 Å². The summed E-state index contributed by atoms with van der Waals surface area (Å²) in [6, 6.07) is 16.9. The molecular formula is C16H18BrNO. The van der Waals surface area contributed by atoms with Crippen molar-refractivity contribution in [2.24, 2.45) is 0 Å². The molecule has 0 heterocycles. The van der Waals surface area contributed by atoms with Crippen LogP contribution in [0.5, 0.6) is 5.75 Å². The summed E-state index contributed by atoms with van der Waals surface area (Å²) in [6.45, 7) is 3.00. The molecule has 1 atom stereocenters. The van der Waals surface area contributed by atoms with Gasteiger partial charge in [0.1, 0.15) is 5.75 Å². The highest BCUT2D eigenvalue weighted by Crippen LogP contribution is 2.18. The topological polar surface area (TPSA) is 21.3 Å². The first-order valence-corrected chi connectivity index (χ1v) is 7.10. The predicted molar refractivity (Wildman–Crippen MR) is 82.4 cm³/mol. The quantitative estimate of drug-likeness (QED) is 0.886. The molecule has 0 saturated carbocycles. The largest absolute Gasteiger partial charge is 0.497 e. The van der Waals surface area contributed by atoms with Gasteiger partial charge in [0, 0.05) is 17.1 Å². The highest BCUT2D eigenvalue weighted by molar-refractivity contribution is 9.10. The fourth-order valence-corrected chi connectivity index (χ4v) is 2.19. The van der Waals surface area contributed by atoms with E-state index in [0.717, 1.165) is 16.8 Å². The SMILES string of the molecule is COc1cccc(CNC(C)c2ccc(Br)cc2)c1. The van der Waals surface area contributed by atoms with Crippen LogP contribution in [0, 0.1) is 0 Å². The van der Waals surface area contributed by atoms with Crippen LogP contribution >= 0.6 is 15.9 Å². The van der Waals surface area contributed by atoms with Gasteiger partial charge in [0.2, 0.25) is 0 Å². The van der Waals surface area contributed by atoms with E-state index in [-0.39, 0.29) is 0 Å². The molecule has 0 radical (unpaired) electrons. The Balaban J connectivity index is 1.96. The zero-order valence-electron chi connectivity index (χ0n) is 11.2. The summed E-state index contributed by atoms with van der Waals surface area (Å²) in [6.07, 6.45) is 0. The first kappa shape index (κ1) is 14.1. The van der Waals surface area contributed by atoms with Crippen LogP contribution in [0.2, 0.25) is 0 Å². The van der Waals surface area contributed by atoms with Crippen LogP contribution in [0.4, 0.5) is 0 Å². The molecule has 0 saturated heterocycles. The lowest BCUT2D eigenvalue weighted by atomic mass is 10.1. The van der Waals surface area contributed by atoms with Crippen molar-refractivity contribution >= 4 is 15.9 Å². The summed E-state index contributed by atoms with van der Waals surface area (Å²) in [5.74, 6) is 0.899. The van der Waals surface area contributed by atoms with E-state index in [0.29, 0.717) is 6.04 Å². The Hall–Kier alpha value is -1.32. The third-order valence-electron chi connectivity index (χ3n) is 3.12. The van der Waals surface area contributed by atoms with E-state index in [1.807, 2.05) is 12.1 Å². The van der Waals surface area contributed by atoms with Crippen molar-refractivity contribution in [2.75, 3.05) is 7.11 Å². The van der Waals surface area contributed by atoms with Crippen molar-refractivity contribution in [2.45, 2.75) is 19.5 Å². The van der Waals surface area contributed by atoms with E-state index in [2.05, 4.69) is 64.6 Å². The number of rotatable bonds is 5. The number of methoxy groups -OCH3 is 1. The molecule has 19 heavy (non-hydrogen) atoms. The summed E-state index contributed by atoms with van der Waals surface area (Å²) in [5, 5.41) is 3.52. The first-order chi connectivity index (χ1) is 9.19. The van der Waals surface area contributed by atoms with Gasteiger partial charge in [0.05, 0.1) is 7.11 Å². The smallest absolute Gasteiger partial charge is 0.119 e. The number of nitrogens with one attached hydrogen (secondary N) is 1. The maximum atomic E-state index is 5.23. The van der Waals surface area contributed by atoms with E-state index in [1.165, 1.54) is 11.1 Å². The van der Waals surface area contributed by atoms with Gasteiger partial charge in [0.15, 0.2) is 0 Å². The predicted octanol–water partition coefficient (Wildman–Crippen LogP) is 4.31. The van der Waals surface area contributed by atoms with E-state index >= 15 is 0 Å². The molecule has 0 bridgehead atoms. The number of ether oxygens (including phenoxy) is 1. The average Bonchev–Trinajstić information content (AvgIpc) is 2.46. The molecule has 2 aromatic rings. The van der Waals surface area contributed by atoms with Gasteiger partial charge >= 0.3 is 0 Å². The fourth-order valence-electron chi connectivity index (χ4n) is 1.92. The minimum absolute atomic E-state index is 0.319. The normalized spacial score (nSPS) is 12.2. The maximum Gasteiger partial charge on any atom is 0.119 e. The molecule has 2 rings (SSSR count). The fraction of sp³-hybridized carbons (Fsp3) is 0.250. The molecule has 2 nitrogen and oxygen atoms in total. The summed E-state index contributed by atoms with van der Waals surface area (Å²) in [4.78, 5) is 0. The van der Waals surface area contributed by atoms with Crippen LogP contribution < -0.4 is 10.1 Å². The van der Waals surface area contributed by atoms with Gasteiger partial charge in [-0.2, -0.15) is 0 Å². The Bertz CT molecular complexity index is 525. The van der Waals surface area contributed by atoms with Crippen molar-refractivity contribution in [3.05, 3.63) is 64.1 Å². The lowest BCUT2D eigenvalue weighted by molar-refractivity contribution is 0.414. The van der Waals surface area contributed by atoms with Crippen molar-refractivity contribution in [3.63, 3.8) is 0 Å². The molecule has 0 aliphatic carbocycles. The van der Waals surface area contributed by atoms with Crippen molar-refractivity contribution in [1.82, 2.24) is 5.32 Å². The molecule has 0 amide bonds. The second-order valence-electron chi connectivity index (χ2n) is 4.51. The maximum absolute atomic E-state index is 5.23. The Kier molecular flexibility index (Phi) is 5.00. The summed E-state index contributed by atoms with van der Waals surface area (Å²) < 4.78 is 6.33. The minimum atomic E-state index is 0.319. The molecule has 1 N–H and O–H groups in total. The zero-order chi connectivity index (χ0) is 13.7. The first-order valence-electron chi connectivity index (χ1n) is 6.31. The molecule has 2 aromatic carbocycles. The van der Waals surface area contributed by atoms with Gasteiger partial charge in [-0.1, -0.05) is 40.2 Å². The summed E-state index contributed by atoms with van der Waals surface area (Å²) >= 11 is 3.45. The van der Waals surface area contributed by atoms with Crippen LogP contribution in [-0.2, 0) is 6.54 Å². The summed E-state index contributed by atoms with van der Waals surface area (Å²) in [7, 11) is 1.69. The molecule has 0 aliphatic heterocycles. The standard InChI is InChI=1S/C16H18BrNO/c1-12(14-6-8-15(17)9-7-14)18-11-13-4-3-5-16(10-13)19-2/h3-10,12,18H,11H2,1-2H3. The highest BCUT2D eigenvalue weighted by atomic mass is 79.9. The zero-order valence-corrected chi connectivity index (χ0v) is 12.8. The Morgan fingerprint density at radius 1 is 1.16 bits per heavy atom. The second-order valence-corrected chi connectivity index (χ2v) is 5.42. The molecule has 0 aliphatic rings. The van der Waals surface area contributed by atoms with Gasteiger partial charge in [-0.15, -0.1) is 0 Å². The molecular weight excluding hydrogens is 302 g/mol. The highest BCUT2D eigenvalue weighted by Gasteiger charge is 2.04. The van der Waals surface area contributed by atoms with Crippen LogP contribution in [0.1, 0.15) is 24.1 Å². The van der Waals surface area contributed by atoms with Crippen molar-refractivity contribution < 1.29 is 4.74 Å². The van der Waals surface area contributed by atoms with Crippen molar-refractivity contribution in [3.8, 4) is 5.75 Å². The van der Waals surface area contributed by atoms with Gasteiger partial charge in [0.25, 0.3) is 0 Å². The number of hydrogen-bond acceptors (Lipinski definition) is 2. The lowest BCUT2D eigenvalue weighted by Gasteiger charge is -2.14. The Morgan fingerprint density at radius 2 is 1.89 bits per heavy atom. The molecule has 3 heteroatoms. The molecule has 1 unspecified atom stereocenters. The van der Waals surface area contributed by atoms with Gasteiger partial charge in [-0.25, -0.2) is 0 Å². The molecule has 0 fully saturated rings. The molecule has 100 valence electrons. The summed E-state index contributed by atoms with van der Waals surface area (Å²) in [5.41, 5.74) is 2.51. The van der Waals surface area contributed by atoms with Gasteiger partial charge in [-0.3, -0.25) is 0 Å². The van der Waals surface area contributed by atoms with Crippen LogP contribution in [0.3, 0.4) is 0 Å². The van der Waals surface area contributed by atoms with E-state index in [9.17, 15) is 0 Å². The van der Waals surface area contributed by atoms with Crippen LogP contribution in [0.15, 0.2) is 53.0 Å².